The maximum Gasteiger partial charge on any atom is 0.229 e. The number of benzene rings is 1. The van der Waals surface area contributed by atoms with Crippen molar-refractivity contribution in [3.05, 3.63) is 52.1 Å². The standard InChI is InChI=1S/C15H16ClFN2O2/c1-10-13(15(16)21-19-10)9-14(20)18-7-3-5-11-4-2-6-12(17)8-11/h2,4,6,8H,3,5,7,9H2,1H3,(H,18,20). The van der Waals surface area contributed by atoms with E-state index in [-0.39, 0.29) is 23.4 Å². The van der Waals surface area contributed by atoms with Gasteiger partial charge in [0.05, 0.1) is 12.1 Å². The van der Waals surface area contributed by atoms with Crippen LogP contribution in [0.25, 0.3) is 0 Å². The number of hydrogen-bond acceptors (Lipinski definition) is 3. The van der Waals surface area contributed by atoms with Gasteiger partial charge in [0.1, 0.15) is 5.82 Å². The van der Waals surface area contributed by atoms with Crippen molar-refractivity contribution in [1.82, 2.24) is 10.5 Å². The predicted octanol–water partition coefficient (Wildman–Crippen LogP) is 3.07. The number of aryl methyl sites for hydroxylation is 2. The van der Waals surface area contributed by atoms with Crippen molar-refractivity contribution in [3.8, 4) is 0 Å². The minimum Gasteiger partial charge on any atom is -0.356 e. The van der Waals surface area contributed by atoms with Crippen molar-refractivity contribution < 1.29 is 13.7 Å². The fourth-order valence-electron chi connectivity index (χ4n) is 1.99. The molecule has 1 amide bonds. The molecule has 0 atom stereocenters. The number of hydrogen-bond donors (Lipinski definition) is 1. The molecule has 0 radical (unpaired) electrons. The van der Waals surface area contributed by atoms with E-state index in [0.717, 1.165) is 12.0 Å². The van der Waals surface area contributed by atoms with Gasteiger partial charge in [0, 0.05) is 12.1 Å². The number of aromatic nitrogens is 1. The van der Waals surface area contributed by atoms with Crippen molar-refractivity contribution in [2.45, 2.75) is 26.2 Å². The minimum atomic E-state index is -0.242. The van der Waals surface area contributed by atoms with Gasteiger partial charge in [-0.15, -0.1) is 0 Å². The van der Waals surface area contributed by atoms with Gasteiger partial charge in [-0.3, -0.25) is 4.79 Å². The van der Waals surface area contributed by atoms with Crippen LogP contribution in [-0.4, -0.2) is 17.6 Å². The first kappa shape index (κ1) is 15.5. The molecule has 1 aromatic heterocycles. The van der Waals surface area contributed by atoms with E-state index in [2.05, 4.69) is 10.5 Å². The van der Waals surface area contributed by atoms with E-state index < -0.39 is 0 Å². The number of nitrogens with one attached hydrogen (secondary N) is 1. The lowest BCUT2D eigenvalue weighted by atomic mass is 10.1. The highest BCUT2D eigenvalue weighted by atomic mass is 35.5. The third-order valence-electron chi connectivity index (χ3n) is 3.13. The Hall–Kier alpha value is -1.88. The SMILES string of the molecule is Cc1noc(Cl)c1CC(=O)NCCCc1cccc(F)c1. The minimum absolute atomic E-state index is 0.137. The molecule has 0 aliphatic rings. The second-order valence-corrected chi connectivity index (χ2v) is 5.12. The zero-order valence-corrected chi connectivity index (χ0v) is 12.4. The maximum atomic E-state index is 13.0. The van der Waals surface area contributed by atoms with Crippen LogP contribution in [0.5, 0.6) is 0 Å². The highest BCUT2D eigenvalue weighted by Crippen LogP contribution is 2.19. The van der Waals surface area contributed by atoms with Gasteiger partial charge in [-0.2, -0.15) is 0 Å². The smallest absolute Gasteiger partial charge is 0.229 e. The third-order valence-corrected chi connectivity index (χ3v) is 3.42. The van der Waals surface area contributed by atoms with E-state index in [0.29, 0.717) is 24.2 Å². The molecule has 0 saturated heterocycles. The average Bonchev–Trinajstić information content (AvgIpc) is 2.76. The van der Waals surface area contributed by atoms with Crippen molar-refractivity contribution >= 4 is 17.5 Å². The Morgan fingerprint density at radius 2 is 2.29 bits per heavy atom. The molecule has 2 aromatic rings. The Labute approximate surface area is 127 Å². The Morgan fingerprint density at radius 3 is 2.95 bits per heavy atom. The molecule has 0 fully saturated rings. The van der Waals surface area contributed by atoms with Crippen molar-refractivity contribution in [3.63, 3.8) is 0 Å². The van der Waals surface area contributed by atoms with Crippen molar-refractivity contribution in [1.29, 1.82) is 0 Å². The fourth-order valence-corrected chi connectivity index (χ4v) is 2.23. The molecule has 1 heterocycles. The molecular weight excluding hydrogens is 295 g/mol. The highest BCUT2D eigenvalue weighted by molar-refractivity contribution is 6.29. The topological polar surface area (TPSA) is 55.1 Å². The number of halogens is 2. The third kappa shape index (κ3) is 4.56. The first-order valence-electron chi connectivity index (χ1n) is 6.68. The van der Waals surface area contributed by atoms with Crippen LogP contribution in [0.2, 0.25) is 5.22 Å². The van der Waals surface area contributed by atoms with Gasteiger partial charge in [0.25, 0.3) is 0 Å². The van der Waals surface area contributed by atoms with Crippen LogP contribution in [0, 0.1) is 12.7 Å². The summed E-state index contributed by atoms with van der Waals surface area (Å²) in [7, 11) is 0. The molecule has 112 valence electrons. The van der Waals surface area contributed by atoms with Crippen LogP contribution >= 0.6 is 11.6 Å². The molecular formula is C15H16ClFN2O2. The van der Waals surface area contributed by atoms with Crippen LogP contribution in [-0.2, 0) is 17.6 Å². The lowest BCUT2D eigenvalue weighted by Crippen LogP contribution is -2.26. The molecule has 2 rings (SSSR count). The lowest BCUT2D eigenvalue weighted by Gasteiger charge is -2.05. The molecule has 0 aliphatic heterocycles. The molecule has 0 saturated carbocycles. The molecule has 1 aromatic carbocycles. The Balaban J connectivity index is 1.72. The Morgan fingerprint density at radius 1 is 1.48 bits per heavy atom. The maximum absolute atomic E-state index is 13.0. The summed E-state index contributed by atoms with van der Waals surface area (Å²) in [4.78, 5) is 11.8. The van der Waals surface area contributed by atoms with E-state index >= 15 is 0 Å². The summed E-state index contributed by atoms with van der Waals surface area (Å²) in [5.74, 6) is -0.378. The zero-order chi connectivity index (χ0) is 15.2. The highest BCUT2D eigenvalue weighted by Gasteiger charge is 2.14. The average molecular weight is 311 g/mol. The first-order chi connectivity index (χ1) is 10.1. The monoisotopic (exact) mass is 310 g/mol. The first-order valence-corrected chi connectivity index (χ1v) is 7.06. The Kier molecular flexibility index (Phi) is 5.33. The second kappa shape index (κ2) is 7.22. The summed E-state index contributed by atoms with van der Waals surface area (Å²) in [6.07, 6.45) is 1.60. The van der Waals surface area contributed by atoms with Gasteiger partial charge in [-0.05, 0) is 49.1 Å². The largest absolute Gasteiger partial charge is 0.356 e. The number of carbonyl (C=O) groups excluding carboxylic acids is 1. The van der Waals surface area contributed by atoms with Gasteiger partial charge >= 0.3 is 0 Å². The summed E-state index contributed by atoms with van der Waals surface area (Å²) in [6, 6.07) is 6.46. The predicted molar refractivity (Wildman–Crippen MR) is 77.7 cm³/mol. The van der Waals surface area contributed by atoms with E-state index in [1.165, 1.54) is 12.1 Å². The summed E-state index contributed by atoms with van der Waals surface area (Å²) in [6.45, 7) is 2.26. The quantitative estimate of drug-likeness (QED) is 0.834. The number of carbonyl (C=O) groups is 1. The van der Waals surface area contributed by atoms with Crippen LogP contribution < -0.4 is 5.32 Å². The van der Waals surface area contributed by atoms with E-state index in [9.17, 15) is 9.18 Å². The van der Waals surface area contributed by atoms with Gasteiger partial charge in [0.15, 0.2) is 0 Å². The van der Waals surface area contributed by atoms with Crippen LogP contribution in [0.4, 0.5) is 4.39 Å². The van der Waals surface area contributed by atoms with Gasteiger partial charge in [-0.1, -0.05) is 17.3 Å². The molecule has 0 unspecified atom stereocenters. The molecule has 0 aliphatic carbocycles. The molecule has 21 heavy (non-hydrogen) atoms. The summed E-state index contributed by atoms with van der Waals surface area (Å²) in [5, 5.41) is 6.65. The van der Waals surface area contributed by atoms with E-state index in [1.54, 1.807) is 13.0 Å². The Bertz CT molecular complexity index is 608. The second-order valence-electron chi connectivity index (χ2n) is 4.78. The number of amides is 1. The van der Waals surface area contributed by atoms with Gasteiger partial charge < -0.3 is 9.84 Å². The van der Waals surface area contributed by atoms with Crippen LogP contribution in [0.3, 0.4) is 0 Å². The van der Waals surface area contributed by atoms with Crippen molar-refractivity contribution in [2.75, 3.05) is 6.54 Å². The lowest BCUT2D eigenvalue weighted by molar-refractivity contribution is -0.120. The van der Waals surface area contributed by atoms with E-state index in [4.69, 9.17) is 16.1 Å². The van der Waals surface area contributed by atoms with Gasteiger partial charge in [-0.25, -0.2) is 4.39 Å². The van der Waals surface area contributed by atoms with E-state index in [1.807, 2.05) is 6.07 Å². The molecule has 0 bridgehead atoms. The van der Waals surface area contributed by atoms with Crippen LogP contribution in [0.1, 0.15) is 23.2 Å². The number of nitrogens with zero attached hydrogens (tertiary/aromatic N) is 1. The van der Waals surface area contributed by atoms with Crippen LogP contribution in [0.15, 0.2) is 28.8 Å². The van der Waals surface area contributed by atoms with Crippen molar-refractivity contribution in [2.24, 2.45) is 0 Å². The summed E-state index contributed by atoms with van der Waals surface area (Å²) in [5.41, 5.74) is 2.15. The molecule has 4 nitrogen and oxygen atoms in total. The summed E-state index contributed by atoms with van der Waals surface area (Å²) >= 11 is 5.80. The number of rotatable bonds is 6. The zero-order valence-electron chi connectivity index (χ0n) is 11.7. The normalized spacial score (nSPS) is 10.6. The molecule has 1 N–H and O–H groups in total. The fraction of sp³-hybridized carbons (Fsp3) is 0.333. The molecule has 6 heteroatoms. The molecule has 0 spiro atoms. The summed E-state index contributed by atoms with van der Waals surface area (Å²) < 4.78 is 17.8. The van der Waals surface area contributed by atoms with Gasteiger partial charge in [0.2, 0.25) is 11.1 Å².